The minimum absolute atomic E-state index is 0.247. The minimum Gasteiger partial charge on any atom is -0.280 e. The highest BCUT2D eigenvalue weighted by atomic mass is 32.2. The second-order valence-corrected chi connectivity index (χ2v) is 6.77. The Labute approximate surface area is 135 Å². The lowest BCUT2D eigenvalue weighted by molar-refractivity contribution is 0.602. The molecular formula is C18H14N2O2S. The van der Waals surface area contributed by atoms with Gasteiger partial charge in [0.25, 0.3) is 10.0 Å². The monoisotopic (exact) mass is 322 g/mol. The third-order valence-corrected chi connectivity index (χ3v) is 4.97. The number of anilines is 1. The number of nitrogens with zero attached hydrogens (tertiary/aromatic N) is 1. The molecule has 0 aliphatic heterocycles. The van der Waals surface area contributed by atoms with Crippen LogP contribution in [-0.2, 0) is 16.4 Å². The molecule has 5 heteroatoms. The van der Waals surface area contributed by atoms with E-state index < -0.39 is 10.0 Å². The van der Waals surface area contributed by atoms with Crippen LogP contribution in [-0.4, -0.2) is 8.42 Å². The van der Waals surface area contributed by atoms with E-state index in [4.69, 9.17) is 5.26 Å². The standard InChI is InChI=1S/C18H14N2O2S/c19-13-12-14-8-10-16(11-9-14)20-23(21,22)18-7-3-5-15-4-1-2-6-17(15)18/h1-11,20H,12H2. The predicted molar refractivity (Wildman–Crippen MR) is 90.5 cm³/mol. The third kappa shape index (κ3) is 3.17. The van der Waals surface area contributed by atoms with Crippen molar-refractivity contribution in [2.75, 3.05) is 4.72 Å². The molecular weight excluding hydrogens is 308 g/mol. The fraction of sp³-hybridized carbons (Fsp3) is 0.0556. The summed E-state index contributed by atoms with van der Waals surface area (Å²) in [7, 11) is -3.68. The number of fused-ring (bicyclic) bond motifs is 1. The van der Waals surface area contributed by atoms with E-state index in [-0.39, 0.29) is 4.90 Å². The fourth-order valence-corrected chi connectivity index (χ4v) is 3.71. The summed E-state index contributed by atoms with van der Waals surface area (Å²) >= 11 is 0. The Morgan fingerprint density at radius 1 is 0.913 bits per heavy atom. The van der Waals surface area contributed by atoms with Crippen molar-refractivity contribution in [1.29, 1.82) is 5.26 Å². The Morgan fingerprint density at radius 3 is 2.35 bits per heavy atom. The zero-order chi connectivity index (χ0) is 16.3. The van der Waals surface area contributed by atoms with Crippen molar-refractivity contribution in [3.8, 4) is 6.07 Å². The fourth-order valence-electron chi connectivity index (χ4n) is 2.42. The highest BCUT2D eigenvalue weighted by molar-refractivity contribution is 7.93. The van der Waals surface area contributed by atoms with Crippen LogP contribution in [0.1, 0.15) is 5.56 Å². The smallest absolute Gasteiger partial charge is 0.262 e. The molecule has 0 amide bonds. The maximum atomic E-state index is 12.7. The Balaban J connectivity index is 1.96. The van der Waals surface area contributed by atoms with E-state index in [9.17, 15) is 8.42 Å². The summed E-state index contributed by atoms with van der Waals surface area (Å²) in [5.41, 5.74) is 1.32. The van der Waals surface area contributed by atoms with E-state index in [0.717, 1.165) is 10.9 Å². The zero-order valence-corrected chi connectivity index (χ0v) is 13.0. The van der Waals surface area contributed by atoms with Crippen LogP contribution in [0.4, 0.5) is 5.69 Å². The second kappa shape index (κ2) is 6.11. The normalized spacial score (nSPS) is 11.1. The summed E-state index contributed by atoms with van der Waals surface area (Å²) in [4.78, 5) is 0.247. The van der Waals surface area contributed by atoms with Crippen molar-refractivity contribution in [3.05, 3.63) is 72.3 Å². The van der Waals surface area contributed by atoms with Crippen molar-refractivity contribution in [2.24, 2.45) is 0 Å². The number of nitrogens with one attached hydrogen (secondary N) is 1. The van der Waals surface area contributed by atoms with Crippen LogP contribution in [0.3, 0.4) is 0 Å². The number of nitriles is 1. The molecule has 0 spiro atoms. The Kier molecular flexibility index (Phi) is 4.00. The molecule has 0 radical (unpaired) electrons. The van der Waals surface area contributed by atoms with E-state index in [1.165, 1.54) is 0 Å². The van der Waals surface area contributed by atoms with Gasteiger partial charge in [0.1, 0.15) is 0 Å². The summed E-state index contributed by atoms with van der Waals surface area (Å²) in [6.45, 7) is 0. The lowest BCUT2D eigenvalue weighted by Gasteiger charge is -2.11. The van der Waals surface area contributed by atoms with Gasteiger partial charge in [0.2, 0.25) is 0 Å². The van der Waals surface area contributed by atoms with Crippen molar-refractivity contribution in [1.82, 2.24) is 0 Å². The van der Waals surface area contributed by atoms with Crippen LogP contribution in [0.2, 0.25) is 0 Å². The summed E-state index contributed by atoms with van der Waals surface area (Å²) in [6.07, 6.45) is 0.302. The average molecular weight is 322 g/mol. The summed E-state index contributed by atoms with van der Waals surface area (Å²) < 4.78 is 27.9. The minimum atomic E-state index is -3.68. The molecule has 1 N–H and O–H groups in total. The maximum absolute atomic E-state index is 12.7. The number of sulfonamides is 1. The zero-order valence-electron chi connectivity index (χ0n) is 12.2. The van der Waals surface area contributed by atoms with Gasteiger partial charge in [-0.15, -0.1) is 0 Å². The third-order valence-electron chi connectivity index (χ3n) is 3.53. The van der Waals surface area contributed by atoms with E-state index >= 15 is 0 Å². The summed E-state index contributed by atoms with van der Waals surface area (Å²) in [6, 6.07) is 21.4. The van der Waals surface area contributed by atoms with Crippen LogP contribution in [0.15, 0.2) is 71.6 Å². The van der Waals surface area contributed by atoms with E-state index in [2.05, 4.69) is 10.8 Å². The molecule has 114 valence electrons. The van der Waals surface area contributed by atoms with E-state index in [0.29, 0.717) is 17.5 Å². The largest absolute Gasteiger partial charge is 0.280 e. The highest BCUT2D eigenvalue weighted by Gasteiger charge is 2.17. The predicted octanol–water partition coefficient (Wildman–Crippen LogP) is 3.71. The molecule has 0 atom stereocenters. The van der Waals surface area contributed by atoms with Crippen LogP contribution < -0.4 is 4.72 Å². The van der Waals surface area contributed by atoms with Gasteiger partial charge in [-0.2, -0.15) is 5.26 Å². The molecule has 3 aromatic carbocycles. The van der Waals surface area contributed by atoms with Gasteiger partial charge in [0.05, 0.1) is 17.4 Å². The molecule has 0 aromatic heterocycles. The first-order valence-electron chi connectivity index (χ1n) is 7.07. The van der Waals surface area contributed by atoms with Gasteiger partial charge in [-0.05, 0) is 29.1 Å². The summed E-state index contributed by atoms with van der Waals surface area (Å²) in [5.74, 6) is 0. The van der Waals surface area contributed by atoms with Crippen molar-refractivity contribution < 1.29 is 8.42 Å². The average Bonchev–Trinajstić information content (AvgIpc) is 2.56. The first-order valence-corrected chi connectivity index (χ1v) is 8.55. The van der Waals surface area contributed by atoms with Gasteiger partial charge in [-0.25, -0.2) is 8.42 Å². The number of benzene rings is 3. The van der Waals surface area contributed by atoms with Crippen molar-refractivity contribution in [3.63, 3.8) is 0 Å². The Bertz CT molecular complexity index is 982. The molecule has 0 aliphatic carbocycles. The van der Waals surface area contributed by atoms with Crippen LogP contribution in [0.5, 0.6) is 0 Å². The number of hydrogen-bond donors (Lipinski definition) is 1. The van der Waals surface area contributed by atoms with Gasteiger partial charge in [-0.3, -0.25) is 4.72 Å². The maximum Gasteiger partial charge on any atom is 0.262 e. The molecule has 0 aliphatic rings. The van der Waals surface area contributed by atoms with E-state index in [1.54, 1.807) is 42.5 Å². The molecule has 0 heterocycles. The van der Waals surface area contributed by atoms with Gasteiger partial charge < -0.3 is 0 Å². The van der Waals surface area contributed by atoms with Crippen molar-refractivity contribution in [2.45, 2.75) is 11.3 Å². The SMILES string of the molecule is N#CCc1ccc(NS(=O)(=O)c2cccc3ccccc23)cc1. The Hall–Kier alpha value is -2.84. The molecule has 0 saturated heterocycles. The van der Waals surface area contributed by atoms with Crippen molar-refractivity contribution >= 4 is 26.5 Å². The molecule has 0 unspecified atom stereocenters. The topological polar surface area (TPSA) is 70.0 Å². The molecule has 0 fully saturated rings. The van der Waals surface area contributed by atoms with Crippen LogP contribution >= 0.6 is 0 Å². The molecule has 23 heavy (non-hydrogen) atoms. The number of rotatable bonds is 4. The Morgan fingerprint density at radius 2 is 1.61 bits per heavy atom. The first kappa shape index (κ1) is 15.1. The number of hydrogen-bond acceptors (Lipinski definition) is 3. The van der Waals surface area contributed by atoms with E-state index in [1.807, 2.05) is 24.3 Å². The summed E-state index contributed by atoms with van der Waals surface area (Å²) in [5, 5.41) is 10.2. The lowest BCUT2D eigenvalue weighted by atomic mass is 10.1. The molecule has 3 aromatic rings. The van der Waals surface area contributed by atoms with Crippen LogP contribution in [0.25, 0.3) is 10.8 Å². The van der Waals surface area contributed by atoms with Gasteiger partial charge in [0.15, 0.2) is 0 Å². The molecule has 4 nitrogen and oxygen atoms in total. The highest BCUT2D eigenvalue weighted by Crippen LogP contribution is 2.25. The lowest BCUT2D eigenvalue weighted by Crippen LogP contribution is -2.13. The second-order valence-electron chi connectivity index (χ2n) is 5.11. The quantitative estimate of drug-likeness (QED) is 0.796. The van der Waals surface area contributed by atoms with Gasteiger partial charge in [-0.1, -0.05) is 48.5 Å². The van der Waals surface area contributed by atoms with Gasteiger partial charge >= 0.3 is 0 Å². The van der Waals surface area contributed by atoms with Gasteiger partial charge in [0, 0.05) is 11.1 Å². The molecule has 3 rings (SSSR count). The first-order chi connectivity index (χ1) is 11.1. The molecule has 0 saturated carbocycles. The van der Waals surface area contributed by atoms with Crippen LogP contribution in [0, 0.1) is 11.3 Å². The molecule has 0 bridgehead atoms.